The van der Waals surface area contributed by atoms with E-state index in [9.17, 15) is 14.7 Å². The first-order valence-corrected chi connectivity index (χ1v) is 9.77. The third-order valence-corrected chi connectivity index (χ3v) is 5.12. The molecule has 1 amide bonds. The number of benzene rings is 4. The summed E-state index contributed by atoms with van der Waals surface area (Å²) in [5, 5.41) is 14.2. The van der Waals surface area contributed by atoms with Crippen LogP contribution in [0.1, 0.15) is 15.9 Å². The molecule has 0 fully saturated rings. The first-order chi connectivity index (χ1) is 14.6. The quantitative estimate of drug-likeness (QED) is 0.486. The fourth-order valence-electron chi connectivity index (χ4n) is 3.47. The second kappa shape index (κ2) is 8.62. The van der Waals surface area contributed by atoms with Crippen LogP contribution in [0.5, 0.6) is 0 Å². The molecule has 0 bridgehead atoms. The van der Waals surface area contributed by atoms with E-state index in [-0.39, 0.29) is 6.42 Å². The van der Waals surface area contributed by atoms with Crippen molar-refractivity contribution in [1.29, 1.82) is 0 Å². The predicted octanol–water partition coefficient (Wildman–Crippen LogP) is 4.93. The molecule has 0 aliphatic heterocycles. The van der Waals surface area contributed by atoms with Gasteiger partial charge in [-0.3, -0.25) is 4.79 Å². The topological polar surface area (TPSA) is 66.4 Å². The van der Waals surface area contributed by atoms with Gasteiger partial charge in [0.25, 0.3) is 5.91 Å². The van der Waals surface area contributed by atoms with Crippen molar-refractivity contribution in [1.82, 2.24) is 5.32 Å². The number of hydrogen-bond donors (Lipinski definition) is 2. The molecule has 0 spiro atoms. The van der Waals surface area contributed by atoms with Gasteiger partial charge < -0.3 is 10.4 Å². The number of nitrogens with one attached hydrogen (secondary N) is 1. The molecule has 0 aliphatic rings. The van der Waals surface area contributed by atoms with Gasteiger partial charge in [0.05, 0.1) is 0 Å². The van der Waals surface area contributed by atoms with Gasteiger partial charge in [0.15, 0.2) is 0 Å². The van der Waals surface area contributed by atoms with Gasteiger partial charge >= 0.3 is 5.97 Å². The Morgan fingerprint density at radius 3 is 2.07 bits per heavy atom. The number of hydrogen-bond acceptors (Lipinski definition) is 2. The number of rotatable bonds is 6. The van der Waals surface area contributed by atoms with Gasteiger partial charge in [0, 0.05) is 12.0 Å². The summed E-state index contributed by atoms with van der Waals surface area (Å²) in [6.07, 6.45) is 0.212. The molecule has 0 heterocycles. The van der Waals surface area contributed by atoms with E-state index in [1.807, 2.05) is 84.9 Å². The van der Waals surface area contributed by atoms with Crippen molar-refractivity contribution in [3.8, 4) is 11.1 Å². The summed E-state index contributed by atoms with van der Waals surface area (Å²) in [6.45, 7) is 0. The van der Waals surface area contributed by atoms with Gasteiger partial charge in [-0.05, 0) is 39.6 Å². The molecule has 2 N–H and O–H groups in total. The van der Waals surface area contributed by atoms with Crippen LogP contribution in [0, 0.1) is 0 Å². The average molecular weight is 395 g/mol. The maximum absolute atomic E-state index is 12.7. The molecule has 4 nitrogen and oxygen atoms in total. The molecule has 0 aromatic heterocycles. The molecule has 0 radical (unpaired) electrons. The fourth-order valence-corrected chi connectivity index (χ4v) is 3.47. The highest BCUT2D eigenvalue weighted by Gasteiger charge is 2.21. The van der Waals surface area contributed by atoms with E-state index in [4.69, 9.17) is 0 Å². The van der Waals surface area contributed by atoms with Crippen molar-refractivity contribution in [2.24, 2.45) is 0 Å². The Morgan fingerprint density at radius 1 is 0.733 bits per heavy atom. The van der Waals surface area contributed by atoms with Crippen LogP contribution in [-0.2, 0) is 11.2 Å². The summed E-state index contributed by atoms with van der Waals surface area (Å²) in [5.41, 5.74) is 3.45. The standard InChI is InChI=1S/C26H21NO3/c28-25(23-15-14-20-8-4-5-9-22(20)17-23)27-24(26(29)30)16-18-10-12-21(13-11-18)19-6-2-1-3-7-19/h1-15,17,24H,16H2,(H,27,28)(H,29,30)/t24-/m0/s1. The van der Waals surface area contributed by atoms with Crippen molar-refractivity contribution in [2.75, 3.05) is 0 Å². The first kappa shape index (κ1) is 19.4. The smallest absolute Gasteiger partial charge is 0.326 e. The SMILES string of the molecule is O=C(N[C@@H](Cc1ccc(-c2ccccc2)cc1)C(=O)O)c1ccc2ccccc2c1. The Kier molecular flexibility index (Phi) is 5.57. The van der Waals surface area contributed by atoms with Crippen LogP contribution in [0.2, 0.25) is 0 Å². The zero-order chi connectivity index (χ0) is 20.9. The highest BCUT2D eigenvalue weighted by Crippen LogP contribution is 2.20. The molecular formula is C26H21NO3. The first-order valence-electron chi connectivity index (χ1n) is 9.77. The number of fused-ring (bicyclic) bond motifs is 1. The Labute approximate surface area is 174 Å². The van der Waals surface area contributed by atoms with Gasteiger partial charge in [0.2, 0.25) is 0 Å². The van der Waals surface area contributed by atoms with Crippen LogP contribution in [-0.4, -0.2) is 23.0 Å². The zero-order valence-electron chi connectivity index (χ0n) is 16.3. The molecule has 4 rings (SSSR count). The average Bonchev–Trinajstić information content (AvgIpc) is 2.79. The minimum absolute atomic E-state index is 0.212. The highest BCUT2D eigenvalue weighted by atomic mass is 16.4. The van der Waals surface area contributed by atoms with E-state index in [0.29, 0.717) is 5.56 Å². The molecule has 1 atom stereocenters. The van der Waals surface area contributed by atoms with E-state index < -0.39 is 17.9 Å². The number of carboxylic acid groups (broad SMARTS) is 1. The van der Waals surface area contributed by atoms with Crippen LogP contribution in [0.4, 0.5) is 0 Å². The largest absolute Gasteiger partial charge is 0.480 e. The molecule has 148 valence electrons. The Balaban J connectivity index is 1.48. The summed E-state index contributed by atoms with van der Waals surface area (Å²) in [7, 11) is 0. The molecule has 0 saturated carbocycles. The molecule has 0 aliphatic carbocycles. The minimum atomic E-state index is -1.06. The number of aliphatic carboxylic acids is 1. The Morgan fingerprint density at radius 2 is 1.37 bits per heavy atom. The third-order valence-electron chi connectivity index (χ3n) is 5.12. The maximum Gasteiger partial charge on any atom is 0.326 e. The van der Waals surface area contributed by atoms with E-state index >= 15 is 0 Å². The van der Waals surface area contributed by atoms with E-state index in [0.717, 1.165) is 27.5 Å². The normalized spacial score (nSPS) is 11.7. The summed E-state index contributed by atoms with van der Waals surface area (Å²) in [5.74, 6) is -1.45. The molecule has 0 saturated heterocycles. The number of carbonyl (C=O) groups is 2. The Hall–Kier alpha value is -3.92. The van der Waals surface area contributed by atoms with Crippen LogP contribution in [0.25, 0.3) is 21.9 Å². The van der Waals surface area contributed by atoms with Gasteiger partial charge in [-0.25, -0.2) is 4.79 Å². The van der Waals surface area contributed by atoms with Crippen LogP contribution in [0.3, 0.4) is 0 Å². The maximum atomic E-state index is 12.7. The molecule has 4 aromatic rings. The van der Waals surface area contributed by atoms with Gasteiger partial charge in [-0.1, -0.05) is 84.9 Å². The molecule has 4 heteroatoms. The number of carboxylic acids is 1. The second-order valence-corrected chi connectivity index (χ2v) is 7.19. The molecule has 30 heavy (non-hydrogen) atoms. The minimum Gasteiger partial charge on any atom is -0.480 e. The lowest BCUT2D eigenvalue weighted by Gasteiger charge is -2.15. The van der Waals surface area contributed by atoms with Crippen LogP contribution in [0.15, 0.2) is 97.1 Å². The monoisotopic (exact) mass is 395 g/mol. The molecule has 4 aromatic carbocycles. The second-order valence-electron chi connectivity index (χ2n) is 7.19. The number of amides is 1. The summed E-state index contributed by atoms with van der Waals surface area (Å²) < 4.78 is 0. The van der Waals surface area contributed by atoms with Gasteiger partial charge in [-0.15, -0.1) is 0 Å². The van der Waals surface area contributed by atoms with Crippen molar-refractivity contribution in [2.45, 2.75) is 12.5 Å². The fraction of sp³-hybridized carbons (Fsp3) is 0.0769. The van der Waals surface area contributed by atoms with Crippen LogP contribution >= 0.6 is 0 Å². The lowest BCUT2D eigenvalue weighted by Crippen LogP contribution is -2.42. The zero-order valence-corrected chi connectivity index (χ0v) is 16.3. The van der Waals surface area contributed by atoms with Gasteiger partial charge in [0.1, 0.15) is 6.04 Å². The molecular weight excluding hydrogens is 374 g/mol. The van der Waals surface area contributed by atoms with E-state index in [1.54, 1.807) is 12.1 Å². The molecule has 0 unspecified atom stereocenters. The lowest BCUT2D eigenvalue weighted by atomic mass is 10.0. The summed E-state index contributed by atoms with van der Waals surface area (Å²) in [4.78, 5) is 24.4. The van der Waals surface area contributed by atoms with Crippen molar-refractivity contribution in [3.05, 3.63) is 108 Å². The van der Waals surface area contributed by atoms with Gasteiger partial charge in [-0.2, -0.15) is 0 Å². The van der Waals surface area contributed by atoms with Crippen molar-refractivity contribution < 1.29 is 14.7 Å². The summed E-state index contributed by atoms with van der Waals surface area (Å²) >= 11 is 0. The third kappa shape index (κ3) is 4.39. The van der Waals surface area contributed by atoms with E-state index in [1.165, 1.54) is 0 Å². The van der Waals surface area contributed by atoms with Crippen molar-refractivity contribution in [3.63, 3.8) is 0 Å². The predicted molar refractivity (Wildman–Crippen MR) is 118 cm³/mol. The highest BCUT2D eigenvalue weighted by molar-refractivity contribution is 6.00. The van der Waals surface area contributed by atoms with Crippen molar-refractivity contribution >= 4 is 22.6 Å². The summed E-state index contributed by atoms with van der Waals surface area (Å²) in [6, 6.07) is 29.8. The van der Waals surface area contributed by atoms with Crippen LogP contribution < -0.4 is 5.32 Å². The Bertz CT molecular complexity index is 1180. The van der Waals surface area contributed by atoms with E-state index in [2.05, 4.69) is 5.32 Å². The lowest BCUT2D eigenvalue weighted by molar-refractivity contribution is -0.139. The number of carbonyl (C=O) groups excluding carboxylic acids is 1.